The van der Waals surface area contributed by atoms with E-state index in [2.05, 4.69) is 57.2 Å². The number of nitrogens with zero attached hydrogens (tertiary/aromatic N) is 5. The Balaban J connectivity index is 1.84. The Kier molecular flexibility index (Phi) is 3.29. The molecule has 0 spiro atoms. The first kappa shape index (κ1) is 12.5. The number of nitrogens with two attached hydrogens (primary N) is 1. The number of anilines is 1. The number of nitrogens with one attached hydrogen (secondary N) is 3. The highest BCUT2D eigenvalue weighted by Crippen LogP contribution is 2.22. The number of H-pyrrole nitrogens is 1. The Bertz CT molecular complexity index is 646. The van der Waals surface area contributed by atoms with Gasteiger partial charge in [-0.2, -0.15) is 5.21 Å². The van der Waals surface area contributed by atoms with Crippen LogP contribution in [-0.2, 0) is 0 Å². The molecule has 1 aliphatic rings. The highest BCUT2D eigenvalue weighted by molar-refractivity contribution is 9.10. The Morgan fingerprint density at radius 2 is 2.00 bits per heavy atom. The van der Waals surface area contributed by atoms with Gasteiger partial charge in [0.1, 0.15) is 0 Å². The summed E-state index contributed by atoms with van der Waals surface area (Å²) in [5, 5.41) is 19.0. The number of rotatable bonds is 2. The Hall–Kier alpha value is -2.49. The molecule has 3 rings (SSSR count). The van der Waals surface area contributed by atoms with Crippen molar-refractivity contribution in [2.75, 3.05) is 5.32 Å². The van der Waals surface area contributed by atoms with Crippen LogP contribution < -0.4 is 16.4 Å². The lowest BCUT2D eigenvalue weighted by Gasteiger charge is -2.19. The van der Waals surface area contributed by atoms with E-state index in [0.717, 1.165) is 10.0 Å². The summed E-state index contributed by atoms with van der Waals surface area (Å²) in [5.41, 5.74) is 6.68. The van der Waals surface area contributed by atoms with Crippen molar-refractivity contribution < 1.29 is 0 Å². The van der Waals surface area contributed by atoms with Crippen LogP contribution in [0.5, 0.6) is 0 Å². The smallest absolute Gasteiger partial charge is 0.269 e. The van der Waals surface area contributed by atoms with Gasteiger partial charge in [-0.3, -0.25) is 10.6 Å². The molecular weight excluding hydrogens is 326 g/mol. The molecule has 0 amide bonds. The van der Waals surface area contributed by atoms with Crippen LogP contribution in [0.25, 0.3) is 0 Å². The highest BCUT2D eigenvalue weighted by Gasteiger charge is 2.17. The molecule has 2 heterocycles. The number of halogens is 1. The second kappa shape index (κ2) is 5.25. The average Bonchev–Trinajstić information content (AvgIpc) is 2.91. The van der Waals surface area contributed by atoms with Gasteiger partial charge in [0.05, 0.1) is 0 Å². The molecule has 0 aliphatic carbocycles. The summed E-state index contributed by atoms with van der Waals surface area (Å²) in [4.78, 5) is 8.63. The molecule has 5 N–H and O–H groups in total. The van der Waals surface area contributed by atoms with Gasteiger partial charge in [0.2, 0.25) is 5.96 Å². The van der Waals surface area contributed by atoms with Gasteiger partial charge < -0.3 is 5.73 Å². The third kappa shape index (κ3) is 2.74. The fraction of sp³-hybridized carbons (Fsp3) is 0.100. The van der Waals surface area contributed by atoms with E-state index in [0.29, 0.717) is 11.9 Å². The predicted octanol–water partition coefficient (Wildman–Crippen LogP) is 0.347. The number of aromatic amines is 1. The zero-order chi connectivity index (χ0) is 13.9. The number of tetrazole rings is 1. The van der Waals surface area contributed by atoms with E-state index in [1.54, 1.807) is 0 Å². The van der Waals surface area contributed by atoms with Crippen LogP contribution in [0.2, 0.25) is 0 Å². The van der Waals surface area contributed by atoms with Crippen LogP contribution in [-0.4, -0.2) is 32.5 Å². The fourth-order valence-electron chi connectivity index (χ4n) is 1.64. The lowest BCUT2D eigenvalue weighted by Crippen LogP contribution is -2.43. The molecule has 0 radical (unpaired) electrons. The quantitative estimate of drug-likeness (QED) is 0.626. The first-order chi connectivity index (χ1) is 9.70. The fourth-order valence-corrected chi connectivity index (χ4v) is 1.90. The summed E-state index contributed by atoms with van der Waals surface area (Å²) in [6, 6.07) is 7.69. The van der Waals surface area contributed by atoms with E-state index in [9.17, 15) is 0 Å². The molecule has 1 aliphatic heterocycles. The third-order valence-electron chi connectivity index (χ3n) is 2.50. The van der Waals surface area contributed by atoms with Crippen LogP contribution in [0.4, 0.5) is 5.95 Å². The zero-order valence-corrected chi connectivity index (χ0v) is 11.7. The maximum absolute atomic E-state index is 5.76. The molecule has 1 unspecified atom stereocenters. The van der Waals surface area contributed by atoms with Gasteiger partial charge in [-0.1, -0.05) is 33.2 Å². The second-order valence-corrected chi connectivity index (χ2v) is 4.82. The van der Waals surface area contributed by atoms with Crippen molar-refractivity contribution in [1.82, 2.24) is 25.9 Å². The van der Waals surface area contributed by atoms with Crippen LogP contribution in [0, 0.1) is 0 Å². The lowest BCUT2D eigenvalue weighted by atomic mass is 10.2. The van der Waals surface area contributed by atoms with Crippen molar-refractivity contribution in [3.8, 4) is 0 Å². The maximum atomic E-state index is 5.76. The molecule has 0 bridgehead atoms. The van der Waals surface area contributed by atoms with Gasteiger partial charge in [0, 0.05) is 4.47 Å². The monoisotopic (exact) mass is 335 g/mol. The molecule has 0 saturated heterocycles. The molecule has 1 aromatic carbocycles. The minimum atomic E-state index is -0.418. The normalized spacial score (nSPS) is 17.9. The third-order valence-corrected chi connectivity index (χ3v) is 3.03. The van der Waals surface area contributed by atoms with Crippen molar-refractivity contribution in [2.24, 2.45) is 15.7 Å². The molecule has 1 atom stereocenters. The SMILES string of the molecule is NC1=NC(c2ccc(Br)cc2)N=C(Nc2nn[nH]n2)N1. The summed E-state index contributed by atoms with van der Waals surface area (Å²) in [7, 11) is 0. The van der Waals surface area contributed by atoms with E-state index in [4.69, 9.17) is 5.73 Å². The summed E-state index contributed by atoms with van der Waals surface area (Å²) in [6.07, 6.45) is -0.418. The zero-order valence-electron chi connectivity index (χ0n) is 10.1. The molecular formula is C10H10BrN9. The Morgan fingerprint density at radius 1 is 1.20 bits per heavy atom. The molecule has 2 aromatic rings. The van der Waals surface area contributed by atoms with Crippen molar-refractivity contribution in [3.05, 3.63) is 34.3 Å². The number of hydrogen-bond acceptors (Lipinski definition) is 8. The van der Waals surface area contributed by atoms with Crippen LogP contribution >= 0.6 is 15.9 Å². The van der Waals surface area contributed by atoms with E-state index >= 15 is 0 Å². The number of aromatic nitrogens is 4. The number of guanidine groups is 2. The number of hydrogen-bond donors (Lipinski definition) is 4. The molecule has 0 fully saturated rings. The van der Waals surface area contributed by atoms with Crippen molar-refractivity contribution >= 4 is 33.8 Å². The number of benzene rings is 1. The van der Waals surface area contributed by atoms with Gasteiger partial charge in [-0.15, -0.1) is 5.10 Å². The molecule has 10 heteroatoms. The predicted molar refractivity (Wildman–Crippen MR) is 76.9 cm³/mol. The average molecular weight is 336 g/mol. The van der Waals surface area contributed by atoms with Crippen LogP contribution in [0.15, 0.2) is 38.7 Å². The summed E-state index contributed by atoms with van der Waals surface area (Å²) < 4.78 is 0.987. The van der Waals surface area contributed by atoms with E-state index in [1.165, 1.54) is 0 Å². The van der Waals surface area contributed by atoms with Gasteiger partial charge in [-0.25, -0.2) is 9.98 Å². The second-order valence-electron chi connectivity index (χ2n) is 3.90. The lowest BCUT2D eigenvalue weighted by molar-refractivity contribution is 0.750. The molecule has 9 nitrogen and oxygen atoms in total. The maximum Gasteiger partial charge on any atom is 0.269 e. The van der Waals surface area contributed by atoms with Crippen molar-refractivity contribution in [3.63, 3.8) is 0 Å². The Morgan fingerprint density at radius 3 is 2.70 bits per heavy atom. The largest absolute Gasteiger partial charge is 0.370 e. The summed E-state index contributed by atoms with van der Waals surface area (Å²) >= 11 is 3.39. The van der Waals surface area contributed by atoms with Crippen molar-refractivity contribution in [2.45, 2.75) is 6.17 Å². The van der Waals surface area contributed by atoms with Gasteiger partial charge in [-0.05, 0) is 22.9 Å². The van der Waals surface area contributed by atoms with E-state index in [1.807, 2.05) is 24.3 Å². The standard InChI is InChI=1S/C10H10BrN9/c11-6-3-1-5(2-4-6)7-13-8(12)15-9(14-7)16-10-17-19-20-18-10/h1-4,7H,(H5,12,13,14,15,16,17,18,19,20). The van der Waals surface area contributed by atoms with E-state index in [-0.39, 0.29) is 5.96 Å². The molecule has 102 valence electrons. The van der Waals surface area contributed by atoms with Gasteiger partial charge >= 0.3 is 0 Å². The minimum Gasteiger partial charge on any atom is -0.370 e. The first-order valence-corrected chi connectivity index (χ1v) is 6.44. The van der Waals surface area contributed by atoms with E-state index < -0.39 is 6.17 Å². The van der Waals surface area contributed by atoms with Crippen molar-refractivity contribution in [1.29, 1.82) is 0 Å². The topological polar surface area (TPSA) is 129 Å². The first-order valence-electron chi connectivity index (χ1n) is 5.65. The minimum absolute atomic E-state index is 0.263. The Labute approximate surface area is 121 Å². The number of aliphatic imine (C=N–C) groups is 2. The van der Waals surface area contributed by atoms with Crippen LogP contribution in [0.3, 0.4) is 0 Å². The summed E-state index contributed by atoms with van der Waals surface area (Å²) in [6.45, 7) is 0. The highest BCUT2D eigenvalue weighted by atomic mass is 79.9. The van der Waals surface area contributed by atoms with Crippen LogP contribution in [0.1, 0.15) is 11.7 Å². The van der Waals surface area contributed by atoms with Gasteiger partial charge in [0.25, 0.3) is 5.95 Å². The van der Waals surface area contributed by atoms with Gasteiger partial charge in [0.15, 0.2) is 12.1 Å². The molecule has 1 aromatic heterocycles. The molecule has 0 saturated carbocycles. The molecule has 20 heavy (non-hydrogen) atoms. The summed E-state index contributed by atoms with van der Waals surface area (Å²) in [5.74, 6) is 0.964.